The van der Waals surface area contributed by atoms with Gasteiger partial charge in [0.1, 0.15) is 17.6 Å². The number of para-hydroxylation sites is 1. The minimum atomic E-state index is -0.695. The van der Waals surface area contributed by atoms with Crippen LogP contribution in [0.25, 0.3) is 5.76 Å². The molecule has 0 spiro atoms. The molecule has 3 aromatic rings. The van der Waals surface area contributed by atoms with Crippen molar-refractivity contribution < 1.29 is 19.4 Å². The standard InChI is InChI=1S/C25H23NO4S/c1-3-13-30-19-11-7-8-17(15-19)22(27)20-21(24-16(2)12-14-31-24)26(25(29)23(20)28)18-9-5-4-6-10-18/h4-12,14-15,21,27H,3,13H2,1-2H3/b22-20-. The summed E-state index contributed by atoms with van der Waals surface area (Å²) in [5, 5.41) is 13.1. The molecule has 0 aliphatic carbocycles. The molecule has 0 saturated carbocycles. The van der Waals surface area contributed by atoms with E-state index in [9.17, 15) is 14.7 Å². The number of nitrogens with zero attached hydrogens (tertiary/aromatic N) is 1. The quantitative estimate of drug-likeness (QED) is 0.318. The summed E-state index contributed by atoms with van der Waals surface area (Å²) in [6.45, 7) is 4.51. The highest BCUT2D eigenvalue weighted by Crippen LogP contribution is 2.44. The number of ether oxygens (including phenoxy) is 1. The van der Waals surface area contributed by atoms with Gasteiger partial charge in [-0.05, 0) is 54.6 Å². The van der Waals surface area contributed by atoms with Crippen molar-refractivity contribution in [3.8, 4) is 5.75 Å². The topological polar surface area (TPSA) is 66.8 Å². The normalized spacial score (nSPS) is 17.9. The van der Waals surface area contributed by atoms with E-state index < -0.39 is 17.7 Å². The van der Waals surface area contributed by atoms with Crippen LogP contribution in [0.2, 0.25) is 0 Å². The Morgan fingerprint density at radius 1 is 1.10 bits per heavy atom. The van der Waals surface area contributed by atoms with Crippen molar-refractivity contribution in [2.75, 3.05) is 11.5 Å². The zero-order chi connectivity index (χ0) is 22.0. The van der Waals surface area contributed by atoms with E-state index in [1.165, 1.54) is 16.2 Å². The first-order valence-corrected chi connectivity index (χ1v) is 11.0. The summed E-state index contributed by atoms with van der Waals surface area (Å²) < 4.78 is 5.67. The summed E-state index contributed by atoms with van der Waals surface area (Å²) in [5.41, 5.74) is 2.11. The number of carbonyl (C=O) groups is 2. The average molecular weight is 434 g/mol. The first-order chi connectivity index (χ1) is 15.0. The van der Waals surface area contributed by atoms with Crippen LogP contribution in [0.4, 0.5) is 5.69 Å². The van der Waals surface area contributed by atoms with Gasteiger partial charge in [0.15, 0.2) is 0 Å². The lowest BCUT2D eigenvalue weighted by Gasteiger charge is -2.25. The molecule has 158 valence electrons. The summed E-state index contributed by atoms with van der Waals surface area (Å²) in [6.07, 6.45) is 0.857. The monoisotopic (exact) mass is 433 g/mol. The fraction of sp³-hybridized carbons (Fsp3) is 0.200. The molecule has 1 saturated heterocycles. The molecule has 0 radical (unpaired) electrons. The largest absolute Gasteiger partial charge is 0.507 e. The molecule has 1 aromatic heterocycles. The maximum absolute atomic E-state index is 13.1. The summed E-state index contributed by atoms with van der Waals surface area (Å²) in [5.74, 6) is -0.938. The number of aliphatic hydroxyl groups is 1. The first-order valence-electron chi connectivity index (χ1n) is 10.2. The molecular formula is C25H23NO4S. The Balaban J connectivity index is 1.88. The minimum absolute atomic E-state index is 0.0899. The Labute approximate surface area is 185 Å². The van der Waals surface area contributed by atoms with Crippen LogP contribution in [0, 0.1) is 6.92 Å². The Bertz CT molecular complexity index is 1150. The smallest absolute Gasteiger partial charge is 0.300 e. The van der Waals surface area contributed by atoms with Gasteiger partial charge in [-0.25, -0.2) is 0 Å². The third kappa shape index (κ3) is 3.86. The summed E-state index contributed by atoms with van der Waals surface area (Å²) in [7, 11) is 0. The Morgan fingerprint density at radius 2 is 1.87 bits per heavy atom. The minimum Gasteiger partial charge on any atom is -0.507 e. The number of anilines is 1. The first kappa shape index (κ1) is 20.9. The van der Waals surface area contributed by atoms with Gasteiger partial charge in [0.2, 0.25) is 0 Å². The van der Waals surface area contributed by atoms with Gasteiger partial charge in [-0.2, -0.15) is 0 Å². The van der Waals surface area contributed by atoms with Gasteiger partial charge in [0.25, 0.3) is 11.7 Å². The molecule has 5 nitrogen and oxygen atoms in total. The number of Topliss-reactive ketones (excluding diaryl/α,β-unsaturated/α-hetero) is 1. The molecule has 1 atom stereocenters. The highest BCUT2D eigenvalue weighted by atomic mass is 32.1. The maximum atomic E-state index is 13.1. The molecule has 1 amide bonds. The van der Waals surface area contributed by atoms with Crippen LogP contribution in [-0.2, 0) is 9.59 Å². The van der Waals surface area contributed by atoms with Crippen molar-refractivity contribution in [2.45, 2.75) is 26.3 Å². The lowest BCUT2D eigenvalue weighted by atomic mass is 9.98. The van der Waals surface area contributed by atoms with Crippen LogP contribution in [0.3, 0.4) is 0 Å². The van der Waals surface area contributed by atoms with Crippen LogP contribution in [0.5, 0.6) is 5.75 Å². The number of thiophene rings is 1. The van der Waals surface area contributed by atoms with E-state index in [0.717, 1.165) is 16.9 Å². The van der Waals surface area contributed by atoms with Crippen LogP contribution >= 0.6 is 11.3 Å². The number of benzene rings is 2. The zero-order valence-electron chi connectivity index (χ0n) is 17.4. The fourth-order valence-electron chi connectivity index (χ4n) is 3.71. The van der Waals surface area contributed by atoms with E-state index in [-0.39, 0.29) is 11.3 Å². The van der Waals surface area contributed by atoms with Gasteiger partial charge in [0, 0.05) is 16.1 Å². The molecule has 1 aliphatic heterocycles. The predicted molar refractivity (Wildman–Crippen MR) is 123 cm³/mol. The molecule has 6 heteroatoms. The Kier molecular flexibility index (Phi) is 5.91. The molecule has 1 N–H and O–H groups in total. The van der Waals surface area contributed by atoms with E-state index >= 15 is 0 Å². The highest BCUT2D eigenvalue weighted by molar-refractivity contribution is 7.10. The van der Waals surface area contributed by atoms with Crippen molar-refractivity contribution in [1.82, 2.24) is 0 Å². The molecule has 4 rings (SSSR count). The molecular weight excluding hydrogens is 410 g/mol. The van der Waals surface area contributed by atoms with Crippen molar-refractivity contribution in [3.05, 3.63) is 87.6 Å². The number of rotatable bonds is 6. The number of hydrogen-bond acceptors (Lipinski definition) is 5. The lowest BCUT2D eigenvalue weighted by molar-refractivity contribution is -0.132. The second kappa shape index (κ2) is 8.78. The van der Waals surface area contributed by atoms with Crippen LogP contribution < -0.4 is 9.64 Å². The summed E-state index contributed by atoms with van der Waals surface area (Å²) in [6, 6.07) is 17.3. The zero-order valence-corrected chi connectivity index (χ0v) is 18.2. The van der Waals surface area contributed by atoms with Crippen LogP contribution in [-0.4, -0.2) is 23.4 Å². The predicted octanol–water partition coefficient (Wildman–Crippen LogP) is 5.47. The second-order valence-corrected chi connectivity index (χ2v) is 8.30. The van der Waals surface area contributed by atoms with E-state index in [1.54, 1.807) is 36.4 Å². The summed E-state index contributed by atoms with van der Waals surface area (Å²) in [4.78, 5) is 28.6. The Hall–Kier alpha value is -3.38. The van der Waals surface area contributed by atoms with Crippen LogP contribution in [0.15, 0.2) is 71.6 Å². The van der Waals surface area contributed by atoms with E-state index in [0.29, 0.717) is 23.6 Å². The van der Waals surface area contributed by atoms with Gasteiger partial charge in [-0.1, -0.05) is 37.3 Å². The lowest BCUT2D eigenvalue weighted by Crippen LogP contribution is -2.29. The third-order valence-corrected chi connectivity index (χ3v) is 6.28. The molecule has 0 bridgehead atoms. The summed E-state index contributed by atoms with van der Waals surface area (Å²) >= 11 is 1.46. The van der Waals surface area contributed by atoms with E-state index in [1.807, 2.05) is 43.5 Å². The molecule has 1 fully saturated rings. The third-order valence-electron chi connectivity index (χ3n) is 5.21. The van der Waals surface area contributed by atoms with Gasteiger partial charge in [-0.3, -0.25) is 14.5 Å². The second-order valence-electron chi connectivity index (χ2n) is 7.35. The van der Waals surface area contributed by atoms with Gasteiger partial charge in [-0.15, -0.1) is 11.3 Å². The SMILES string of the molecule is CCCOc1cccc(/C(O)=C2/C(=O)C(=O)N(c3ccccc3)C2c2sccc2C)c1. The van der Waals surface area contributed by atoms with Gasteiger partial charge in [0.05, 0.1) is 12.2 Å². The van der Waals surface area contributed by atoms with Crippen molar-refractivity contribution >= 4 is 34.5 Å². The highest BCUT2D eigenvalue weighted by Gasteiger charge is 2.47. The Morgan fingerprint density at radius 3 is 2.55 bits per heavy atom. The number of ketones is 1. The fourth-order valence-corrected chi connectivity index (χ4v) is 4.73. The number of hydrogen-bond donors (Lipinski definition) is 1. The molecule has 1 aliphatic rings. The average Bonchev–Trinajstić information content (AvgIpc) is 3.33. The van der Waals surface area contributed by atoms with Crippen molar-refractivity contribution in [1.29, 1.82) is 0 Å². The van der Waals surface area contributed by atoms with Crippen molar-refractivity contribution in [3.63, 3.8) is 0 Å². The van der Waals surface area contributed by atoms with E-state index in [2.05, 4.69) is 0 Å². The number of aliphatic hydroxyl groups excluding tert-OH is 1. The number of carbonyl (C=O) groups excluding carboxylic acids is 2. The molecule has 2 heterocycles. The van der Waals surface area contributed by atoms with Gasteiger partial charge >= 0.3 is 0 Å². The van der Waals surface area contributed by atoms with E-state index in [4.69, 9.17) is 4.74 Å². The van der Waals surface area contributed by atoms with Crippen molar-refractivity contribution in [2.24, 2.45) is 0 Å². The van der Waals surface area contributed by atoms with Crippen LogP contribution in [0.1, 0.15) is 35.4 Å². The molecule has 1 unspecified atom stereocenters. The van der Waals surface area contributed by atoms with Gasteiger partial charge < -0.3 is 9.84 Å². The number of aryl methyl sites for hydroxylation is 1. The molecule has 2 aromatic carbocycles. The molecule has 31 heavy (non-hydrogen) atoms. The maximum Gasteiger partial charge on any atom is 0.300 e. The number of amides is 1.